The summed E-state index contributed by atoms with van der Waals surface area (Å²) in [7, 11) is 0. The quantitative estimate of drug-likeness (QED) is 0.144. The molecule has 6 rings (SSSR count). The van der Waals surface area contributed by atoms with Gasteiger partial charge >= 0.3 is 12.1 Å². The van der Waals surface area contributed by atoms with Crippen molar-refractivity contribution in [2.24, 2.45) is 5.92 Å². The summed E-state index contributed by atoms with van der Waals surface area (Å²) in [6.45, 7) is -0.166. The van der Waals surface area contributed by atoms with Crippen molar-refractivity contribution in [2.75, 3.05) is 13.2 Å². The van der Waals surface area contributed by atoms with Crippen LogP contribution in [0.3, 0.4) is 0 Å². The van der Waals surface area contributed by atoms with Crippen LogP contribution in [-0.4, -0.2) is 36.2 Å². The third-order valence-corrected chi connectivity index (χ3v) is 8.56. The number of hydrogen-bond acceptors (Lipinski definition) is 4. The molecule has 0 spiro atoms. The minimum Gasteiger partial charge on any atom is -0.481 e. The molecular formula is C39H34N2O5. The molecule has 230 valence electrons. The second-order valence-corrected chi connectivity index (χ2v) is 11.3. The summed E-state index contributed by atoms with van der Waals surface area (Å²) >= 11 is 0. The van der Waals surface area contributed by atoms with Crippen molar-refractivity contribution in [2.45, 2.75) is 17.9 Å². The Morgan fingerprint density at radius 3 is 1.54 bits per heavy atom. The van der Waals surface area contributed by atoms with E-state index in [1.54, 1.807) is 0 Å². The second kappa shape index (κ2) is 13.5. The van der Waals surface area contributed by atoms with Crippen LogP contribution in [0.5, 0.6) is 0 Å². The minimum atomic E-state index is -1.20. The summed E-state index contributed by atoms with van der Waals surface area (Å²) in [4.78, 5) is 38.8. The lowest BCUT2D eigenvalue weighted by Crippen LogP contribution is -2.49. The highest BCUT2D eigenvalue weighted by Gasteiger charge is 2.38. The van der Waals surface area contributed by atoms with E-state index in [2.05, 4.69) is 22.8 Å². The SMILES string of the molecule is O=C(C[C@H](CNC(=O)OCC1c2ccccc2-c2ccccc21)C(=O)O)NC(c1ccccc1)(c1ccccc1)c1ccccc1. The molecule has 3 N–H and O–H groups in total. The standard InChI is InChI=1S/C39H34N2O5/c42-36(41-39(28-14-4-1-5-15-28,29-16-6-2-7-17-29)30-18-8-3-9-19-30)24-27(37(43)44)25-40-38(45)46-26-35-33-22-12-10-20-31(33)32-21-11-13-23-34(32)35/h1-23,27,35H,24-26H2,(H,40,45)(H,41,42)(H,43,44)/t27-/m1/s1. The molecule has 2 amide bonds. The van der Waals surface area contributed by atoms with Gasteiger partial charge in [-0.15, -0.1) is 0 Å². The van der Waals surface area contributed by atoms with E-state index in [0.717, 1.165) is 38.9 Å². The number of hydrogen-bond donors (Lipinski definition) is 3. The molecule has 5 aromatic rings. The summed E-state index contributed by atoms with van der Waals surface area (Å²) in [6, 6.07) is 44.8. The molecule has 0 saturated carbocycles. The molecule has 0 aromatic heterocycles. The lowest BCUT2D eigenvalue weighted by molar-refractivity contribution is -0.144. The van der Waals surface area contributed by atoms with Crippen molar-refractivity contribution in [3.8, 4) is 11.1 Å². The van der Waals surface area contributed by atoms with E-state index in [-0.39, 0.29) is 25.5 Å². The van der Waals surface area contributed by atoms with Crippen molar-refractivity contribution < 1.29 is 24.2 Å². The predicted molar refractivity (Wildman–Crippen MR) is 176 cm³/mol. The van der Waals surface area contributed by atoms with Crippen LogP contribution in [0.25, 0.3) is 11.1 Å². The summed E-state index contributed by atoms with van der Waals surface area (Å²) in [5.41, 5.74) is 5.77. The summed E-state index contributed by atoms with van der Waals surface area (Å²) in [5, 5.41) is 15.8. The van der Waals surface area contributed by atoms with Crippen LogP contribution in [-0.2, 0) is 19.9 Å². The monoisotopic (exact) mass is 610 g/mol. The van der Waals surface area contributed by atoms with E-state index < -0.39 is 29.4 Å². The van der Waals surface area contributed by atoms with Crippen LogP contribution < -0.4 is 10.6 Å². The number of ether oxygens (including phenoxy) is 1. The van der Waals surface area contributed by atoms with Crippen LogP contribution >= 0.6 is 0 Å². The van der Waals surface area contributed by atoms with Gasteiger partial charge in [0, 0.05) is 18.9 Å². The third-order valence-electron chi connectivity index (χ3n) is 8.56. The number of fused-ring (bicyclic) bond motifs is 3. The number of amides is 2. The Kier molecular flexibility index (Phi) is 8.92. The molecule has 0 aliphatic heterocycles. The molecular weight excluding hydrogens is 576 g/mol. The number of carboxylic acid groups (broad SMARTS) is 1. The van der Waals surface area contributed by atoms with Crippen molar-refractivity contribution in [3.63, 3.8) is 0 Å². The van der Waals surface area contributed by atoms with E-state index in [9.17, 15) is 19.5 Å². The number of carbonyl (C=O) groups is 3. The molecule has 0 bridgehead atoms. The first-order valence-electron chi connectivity index (χ1n) is 15.3. The van der Waals surface area contributed by atoms with Crippen LogP contribution in [0.4, 0.5) is 4.79 Å². The van der Waals surface area contributed by atoms with Gasteiger partial charge in [-0.1, -0.05) is 140 Å². The van der Waals surface area contributed by atoms with E-state index in [1.807, 2.05) is 127 Å². The molecule has 46 heavy (non-hydrogen) atoms. The van der Waals surface area contributed by atoms with Crippen molar-refractivity contribution in [1.82, 2.24) is 10.6 Å². The van der Waals surface area contributed by atoms with Gasteiger partial charge in [0.25, 0.3) is 0 Å². The number of carbonyl (C=O) groups excluding carboxylic acids is 2. The van der Waals surface area contributed by atoms with Gasteiger partial charge in [-0.3, -0.25) is 9.59 Å². The third kappa shape index (κ3) is 6.13. The van der Waals surface area contributed by atoms with Gasteiger partial charge in [-0.05, 0) is 38.9 Å². The Morgan fingerprint density at radius 1 is 0.652 bits per heavy atom. The fourth-order valence-corrected chi connectivity index (χ4v) is 6.37. The predicted octanol–water partition coefficient (Wildman–Crippen LogP) is 6.72. The Morgan fingerprint density at radius 2 is 1.09 bits per heavy atom. The van der Waals surface area contributed by atoms with E-state index in [0.29, 0.717) is 0 Å². The Labute approximate surface area is 267 Å². The molecule has 0 heterocycles. The second-order valence-electron chi connectivity index (χ2n) is 11.3. The van der Waals surface area contributed by atoms with Gasteiger partial charge in [-0.2, -0.15) is 0 Å². The number of alkyl carbamates (subject to hydrolysis) is 1. The zero-order valence-corrected chi connectivity index (χ0v) is 25.1. The zero-order valence-electron chi connectivity index (χ0n) is 25.1. The highest BCUT2D eigenvalue weighted by atomic mass is 16.5. The number of benzene rings is 5. The summed E-state index contributed by atoms with van der Waals surface area (Å²) in [6.07, 6.45) is -1.09. The van der Waals surface area contributed by atoms with Crippen LogP contribution in [0.1, 0.15) is 40.2 Å². The fraction of sp³-hybridized carbons (Fsp3) is 0.154. The zero-order chi connectivity index (χ0) is 31.9. The van der Waals surface area contributed by atoms with Crippen molar-refractivity contribution in [3.05, 3.63) is 167 Å². The molecule has 0 saturated heterocycles. The van der Waals surface area contributed by atoms with Crippen molar-refractivity contribution >= 4 is 18.0 Å². The Hall–Kier alpha value is -5.69. The Balaban J connectivity index is 1.16. The van der Waals surface area contributed by atoms with E-state index in [1.165, 1.54) is 0 Å². The van der Waals surface area contributed by atoms with Crippen LogP contribution in [0.15, 0.2) is 140 Å². The average molecular weight is 611 g/mol. The topological polar surface area (TPSA) is 105 Å². The highest BCUT2D eigenvalue weighted by molar-refractivity contribution is 5.84. The van der Waals surface area contributed by atoms with Gasteiger partial charge in [0.05, 0.1) is 5.92 Å². The lowest BCUT2D eigenvalue weighted by atomic mass is 9.76. The fourth-order valence-electron chi connectivity index (χ4n) is 6.37. The van der Waals surface area contributed by atoms with Gasteiger partial charge in [-0.25, -0.2) is 4.79 Å². The smallest absolute Gasteiger partial charge is 0.407 e. The number of nitrogens with one attached hydrogen (secondary N) is 2. The normalized spacial score (nSPS) is 12.8. The van der Waals surface area contributed by atoms with E-state index >= 15 is 0 Å². The molecule has 0 fully saturated rings. The van der Waals surface area contributed by atoms with Gasteiger partial charge < -0.3 is 20.5 Å². The van der Waals surface area contributed by atoms with Gasteiger partial charge in [0.1, 0.15) is 12.1 Å². The molecule has 1 aliphatic carbocycles. The maximum atomic E-state index is 13.8. The number of aliphatic carboxylic acids is 1. The molecule has 0 unspecified atom stereocenters. The maximum Gasteiger partial charge on any atom is 0.407 e. The first-order valence-corrected chi connectivity index (χ1v) is 15.3. The van der Waals surface area contributed by atoms with Gasteiger partial charge in [0.15, 0.2) is 0 Å². The molecule has 1 aliphatic rings. The molecule has 7 nitrogen and oxygen atoms in total. The lowest BCUT2D eigenvalue weighted by Gasteiger charge is -2.37. The minimum absolute atomic E-state index is 0.103. The summed E-state index contributed by atoms with van der Waals surface area (Å²) < 4.78 is 5.59. The Bertz CT molecular complexity index is 1680. The highest BCUT2D eigenvalue weighted by Crippen LogP contribution is 2.44. The van der Waals surface area contributed by atoms with Crippen molar-refractivity contribution in [1.29, 1.82) is 0 Å². The molecule has 7 heteroatoms. The average Bonchev–Trinajstić information content (AvgIpc) is 3.42. The van der Waals surface area contributed by atoms with E-state index in [4.69, 9.17) is 4.74 Å². The molecule has 1 atom stereocenters. The maximum absolute atomic E-state index is 13.8. The molecule has 5 aromatic carbocycles. The van der Waals surface area contributed by atoms with Gasteiger partial charge in [0.2, 0.25) is 5.91 Å². The first-order chi connectivity index (χ1) is 22.5. The first kappa shape index (κ1) is 30.3. The molecule has 0 radical (unpaired) electrons. The largest absolute Gasteiger partial charge is 0.481 e. The number of carboxylic acids is 1. The van der Waals surface area contributed by atoms with Crippen LogP contribution in [0.2, 0.25) is 0 Å². The summed E-state index contributed by atoms with van der Waals surface area (Å²) in [5.74, 6) is -2.97. The van der Waals surface area contributed by atoms with Crippen LogP contribution in [0, 0.1) is 5.92 Å². The number of rotatable bonds is 11.